The highest BCUT2D eigenvalue weighted by molar-refractivity contribution is 7.05. The van der Waals surface area contributed by atoms with Gasteiger partial charge in [-0.05, 0) is 30.5 Å². The molecule has 0 aliphatic rings. The summed E-state index contributed by atoms with van der Waals surface area (Å²) in [5, 5.41) is 5.56. The van der Waals surface area contributed by atoms with Gasteiger partial charge in [0.25, 0.3) is 0 Å². The smallest absolute Gasteiger partial charge is 0.246 e. The Balaban J connectivity index is 2.57. The number of rotatable bonds is 3. The molecule has 2 N–H and O–H groups in total. The van der Waals surface area contributed by atoms with Crippen LogP contribution in [0.1, 0.15) is 11.1 Å². The maximum absolute atomic E-state index is 5.76. The summed E-state index contributed by atoms with van der Waals surface area (Å²) in [6, 6.07) is 9.30. The van der Waals surface area contributed by atoms with Crippen molar-refractivity contribution in [3.8, 4) is 0 Å². The van der Waals surface area contributed by atoms with Crippen LogP contribution >= 0.6 is 11.1 Å². The molecule has 0 atom stereocenters. The fraction of sp³-hybridized carbons (Fsp3) is 0.333. The highest BCUT2D eigenvalue weighted by Gasteiger charge is 2.02. The zero-order valence-corrected chi connectivity index (χ0v) is 8.93. The SMILES string of the molecule is Cc1ccccc1CC[Si](N)Cl. The summed E-state index contributed by atoms with van der Waals surface area (Å²) in [6.45, 7) is 2.12. The fourth-order valence-electron chi connectivity index (χ4n) is 1.14. The van der Waals surface area contributed by atoms with E-state index in [9.17, 15) is 0 Å². The Morgan fingerprint density at radius 2 is 2.08 bits per heavy atom. The monoisotopic (exact) mass is 198 g/mol. The Morgan fingerprint density at radius 3 is 2.67 bits per heavy atom. The maximum atomic E-state index is 5.76. The van der Waals surface area contributed by atoms with Gasteiger partial charge in [0.1, 0.15) is 0 Å². The third kappa shape index (κ3) is 2.97. The molecule has 0 unspecified atom stereocenters. The van der Waals surface area contributed by atoms with Crippen LogP contribution in [0.5, 0.6) is 0 Å². The van der Waals surface area contributed by atoms with E-state index in [1.165, 1.54) is 11.1 Å². The summed E-state index contributed by atoms with van der Waals surface area (Å²) >= 11 is 5.76. The third-order valence-corrected chi connectivity index (χ3v) is 3.19. The average Bonchev–Trinajstić information content (AvgIpc) is 2.03. The predicted molar refractivity (Wildman–Crippen MR) is 55.5 cm³/mol. The van der Waals surface area contributed by atoms with Crippen molar-refractivity contribution in [2.45, 2.75) is 19.4 Å². The molecule has 0 aromatic heterocycles. The molecule has 0 bridgehead atoms. The van der Waals surface area contributed by atoms with Crippen LogP contribution < -0.4 is 5.40 Å². The van der Waals surface area contributed by atoms with E-state index in [0.717, 1.165) is 12.5 Å². The van der Waals surface area contributed by atoms with Crippen molar-refractivity contribution in [3.05, 3.63) is 35.4 Å². The number of hydrogen-bond acceptors (Lipinski definition) is 1. The number of hydrogen-bond donors (Lipinski definition) is 1. The molecule has 0 aliphatic carbocycles. The Kier molecular flexibility index (Phi) is 3.79. The Bertz CT molecular complexity index is 250. The number of nitrogens with two attached hydrogens (primary N) is 1. The van der Waals surface area contributed by atoms with Crippen molar-refractivity contribution in [2.24, 2.45) is 5.40 Å². The van der Waals surface area contributed by atoms with Crippen LogP contribution in [0.15, 0.2) is 24.3 Å². The first kappa shape index (κ1) is 9.77. The van der Waals surface area contributed by atoms with E-state index in [1.54, 1.807) is 0 Å². The van der Waals surface area contributed by atoms with Gasteiger partial charge in [0.15, 0.2) is 0 Å². The summed E-state index contributed by atoms with van der Waals surface area (Å²) in [5.41, 5.74) is 2.70. The van der Waals surface area contributed by atoms with Gasteiger partial charge < -0.3 is 5.40 Å². The molecule has 3 heteroatoms. The summed E-state index contributed by atoms with van der Waals surface area (Å²) < 4.78 is 0. The minimum atomic E-state index is -1.08. The molecule has 0 saturated heterocycles. The summed E-state index contributed by atoms with van der Waals surface area (Å²) in [7, 11) is -1.08. The van der Waals surface area contributed by atoms with Crippen LogP contribution in [-0.2, 0) is 6.42 Å². The molecular weight excluding hydrogens is 186 g/mol. The first-order chi connectivity index (χ1) is 5.70. The second kappa shape index (κ2) is 4.65. The topological polar surface area (TPSA) is 26.0 Å². The zero-order chi connectivity index (χ0) is 8.97. The average molecular weight is 199 g/mol. The molecule has 65 valence electrons. The van der Waals surface area contributed by atoms with Crippen molar-refractivity contribution in [1.29, 1.82) is 0 Å². The van der Waals surface area contributed by atoms with Gasteiger partial charge in [-0.15, -0.1) is 11.1 Å². The van der Waals surface area contributed by atoms with Gasteiger partial charge in [-0.3, -0.25) is 0 Å². The molecular formula is C9H13ClNSi. The van der Waals surface area contributed by atoms with E-state index >= 15 is 0 Å². The lowest BCUT2D eigenvalue weighted by Gasteiger charge is -2.04. The van der Waals surface area contributed by atoms with Crippen molar-refractivity contribution in [3.63, 3.8) is 0 Å². The van der Waals surface area contributed by atoms with E-state index < -0.39 is 8.27 Å². The highest BCUT2D eigenvalue weighted by Crippen LogP contribution is 2.10. The first-order valence-electron chi connectivity index (χ1n) is 4.01. The maximum Gasteiger partial charge on any atom is 0.246 e. The second-order valence-corrected chi connectivity index (χ2v) is 5.72. The Morgan fingerprint density at radius 1 is 1.42 bits per heavy atom. The quantitative estimate of drug-likeness (QED) is 0.585. The van der Waals surface area contributed by atoms with Crippen LogP contribution in [0.3, 0.4) is 0 Å². The largest absolute Gasteiger partial charge is 0.339 e. The van der Waals surface area contributed by atoms with E-state index in [0.29, 0.717) is 0 Å². The molecule has 1 rings (SSSR count). The van der Waals surface area contributed by atoms with Crippen LogP contribution in [0.25, 0.3) is 0 Å². The van der Waals surface area contributed by atoms with E-state index in [2.05, 4.69) is 25.1 Å². The first-order valence-corrected chi connectivity index (χ1v) is 6.81. The predicted octanol–water partition coefficient (Wildman–Crippen LogP) is 2.22. The molecule has 1 radical (unpaired) electrons. The number of benzene rings is 1. The lowest BCUT2D eigenvalue weighted by Crippen LogP contribution is -2.18. The van der Waals surface area contributed by atoms with Crippen LogP contribution in [0, 0.1) is 6.92 Å². The summed E-state index contributed by atoms with van der Waals surface area (Å²) in [4.78, 5) is 0. The Labute approximate surface area is 79.9 Å². The minimum Gasteiger partial charge on any atom is -0.339 e. The molecule has 1 aromatic carbocycles. The summed E-state index contributed by atoms with van der Waals surface area (Å²) in [6.07, 6.45) is 1.01. The minimum absolute atomic E-state index is 0.942. The van der Waals surface area contributed by atoms with Gasteiger partial charge in [-0.1, -0.05) is 24.3 Å². The van der Waals surface area contributed by atoms with Crippen LogP contribution in [0.4, 0.5) is 0 Å². The second-order valence-electron chi connectivity index (χ2n) is 2.87. The molecule has 0 spiro atoms. The molecule has 0 fully saturated rings. The molecule has 0 heterocycles. The number of halogens is 1. The van der Waals surface area contributed by atoms with Crippen molar-refractivity contribution in [1.82, 2.24) is 0 Å². The number of aryl methyl sites for hydroxylation is 2. The van der Waals surface area contributed by atoms with Gasteiger partial charge in [0.2, 0.25) is 8.27 Å². The summed E-state index contributed by atoms with van der Waals surface area (Å²) in [5.74, 6) is 0. The molecule has 0 aliphatic heterocycles. The molecule has 12 heavy (non-hydrogen) atoms. The lowest BCUT2D eigenvalue weighted by atomic mass is 10.1. The van der Waals surface area contributed by atoms with Gasteiger partial charge in [-0.2, -0.15) is 0 Å². The molecule has 1 aromatic rings. The van der Waals surface area contributed by atoms with Gasteiger partial charge >= 0.3 is 0 Å². The Hall–Kier alpha value is -0.313. The van der Waals surface area contributed by atoms with E-state index in [1.807, 2.05) is 6.07 Å². The molecule has 1 nitrogen and oxygen atoms in total. The lowest BCUT2D eigenvalue weighted by molar-refractivity contribution is 1.09. The fourth-order valence-corrected chi connectivity index (χ4v) is 1.94. The van der Waals surface area contributed by atoms with E-state index in [-0.39, 0.29) is 0 Å². The van der Waals surface area contributed by atoms with Gasteiger partial charge in [-0.25, -0.2) is 0 Å². The molecule has 0 saturated carbocycles. The highest BCUT2D eigenvalue weighted by atomic mass is 35.6. The van der Waals surface area contributed by atoms with Crippen molar-refractivity contribution in [2.75, 3.05) is 0 Å². The van der Waals surface area contributed by atoms with Crippen LogP contribution in [-0.4, -0.2) is 8.27 Å². The van der Waals surface area contributed by atoms with Crippen LogP contribution in [0.2, 0.25) is 6.04 Å². The van der Waals surface area contributed by atoms with E-state index in [4.69, 9.17) is 16.5 Å². The van der Waals surface area contributed by atoms with Crippen molar-refractivity contribution < 1.29 is 0 Å². The zero-order valence-electron chi connectivity index (χ0n) is 7.18. The third-order valence-electron chi connectivity index (χ3n) is 1.89. The normalized spacial score (nSPS) is 10.7. The standard InChI is InChI=1S/C9H13ClNSi/c1-8-4-2-3-5-9(8)6-7-12(10)11/h2-5H,6-7,11H2,1H3. The van der Waals surface area contributed by atoms with Gasteiger partial charge in [0.05, 0.1) is 0 Å². The van der Waals surface area contributed by atoms with Crippen molar-refractivity contribution >= 4 is 19.3 Å². The van der Waals surface area contributed by atoms with Gasteiger partial charge in [0, 0.05) is 0 Å². The molecule has 0 amide bonds.